The van der Waals surface area contributed by atoms with Gasteiger partial charge >= 0.3 is 0 Å². The van der Waals surface area contributed by atoms with Crippen LogP contribution in [0.1, 0.15) is 6.42 Å². The molecule has 0 aliphatic carbocycles. The third kappa shape index (κ3) is 0.534. The second kappa shape index (κ2) is 1.33. The number of hydrogen-bond donors (Lipinski definition) is 1. The van der Waals surface area contributed by atoms with Gasteiger partial charge in [0.05, 0.1) is 0 Å². The van der Waals surface area contributed by atoms with Crippen molar-refractivity contribution in [3.05, 3.63) is 18.7 Å². The normalized spacial score (nSPS) is 21.0. The molecule has 0 atom stereocenters. The van der Waals surface area contributed by atoms with Crippen LogP contribution in [0.4, 0.5) is 0 Å². The van der Waals surface area contributed by atoms with Gasteiger partial charge in [0.15, 0.2) is 0 Å². The molecular weight excluding hydrogens is 74.1 g/mol. The first-order valence-corrected chi connectivity index (χ1v) is 2.13. The van der Waals surface area contributed by atoms with Crippen LogP contribution in [-0.2, 0) is 0 Å². The Kier molecular flexibility index (Phi) is 0.825. The predicted octanol–water partition coefficient (Wildman–Crippen LogP) is 0.698. The summed E-state index contributed by atoms with van der Waals surface area (Å²) in [7, 11) is 0. The molecule has 33 valence electrons. The molecule has 0 spiro atoms. The molecule has 6 heavy (non-hydrogen) atoms. The molecule has 0 bridgehead atoms. The van der Waals surface area contributed by atoms with E-state index >= 15 is 0 Å². The summed E-state index contributed by atoms with van der Waals surface area (Å²) in [5.74, 6) is 0. The fourth-order valence-corrected chi connectivity index (χ4v) is 0.535. The van der Waals surface area contributed by atoms with Crippen LogP contribution in [0.5, 0.6) is 0 Å². The largest absolute Gasteiger partial charge is 0.389 e. The van der Waals surface area contributed by atoms with Crippen LogP contribution in [0, 0.1) is 6.42 Å². The van der Waals surface area contributed by atoms with E-state index in [0.29, 0.717) is 0 Å². The Bertz CT molecular complexity index is 58.3. The van der Waals surface area contributed by atoms with Crippen LogP contribution in [0.15, 0.2) is 12.3 Å². The van der Waals surface area contributed by atoms with Crippen molar-refractivity contribution in [1.82, 2.24) is 5.32 Å². The van der Waals surface area contributed by atoms with Crippen LogP contribution in [-0.4, -0.2) is 6.54 Å². The third-order valence-electron chi connectivity index (χ3n) is 0.887. The lowest BCUT2D eigenvalue weighted by molar-refractivity contribution is 0.978. The summed E-state index contributed by atoms with van der Waals surface area (Å²) in [6.45, 7) is 4.72. The first-order chi connectivity index (χ1) is 2.89. The molecule has 1 aliphatic rings. The van der Waals surface area contributed by atoms with Crippen LogP contribution in [0.25, 0.3) is 0 Å². The second-order valence-corrected chi connectivity index (χ2v) is 1.48. The van der Waals surface area contributed by atoms with Gasteiger partial charge in [-0.1, -0.05) is 6.58 Å². The zero-order valence-electron chi connectivity index (χ0n) is 3.70. The van der Waals surface area contributed by atoms with E-state index in [-0.39, 0.29) is 0 Å². The molecule has 0 saturated carbocycles. The summed E-state index contributed by atoms with van der Waals surface area (Å²) in [4.78, 5) is 0. The van der Waals surface area contributed by atoms with Crippen molar-refractivity contribution in [2.24, 2.45) is 0 Å². The summed E-state index contributed by atoms with van der Waals surface area (Å²) < 4.78 is 0. The van der Waals surface area contributed by atoms with Gasteiger partial charge in [-0.05, 0) is 12.8 Å². The maximum absolute atomic E-state index is 3.71. The molecule has 0 unspecified atom stereocenters. The summed E-state index contributed by atoms with van der Waals surface area (Å²) in [5.41, 5.74) is 1.15. The molecule has 1 N–H and O–H groups in total. The minimum atomic E-state index is 1.01. The molecule has 1 fully saturated rings. The lowest BCUT2D eigenvalue weighted by Crippen LogP contribution is -2.01. The van der Waals surface area contributed by atoms with Crippen molar-refractivity contribution in [3.63, 3.8) is 0 Å². The Balaban J connectivity index is 2.37. The van der Waals surface area contributed by atoms with Crippen molar-refractivity contribution in [2.75, 3.05) is 6.54 Å². The monoisotopic (exact) mass is 82.1 g/mol. The van der Waals surface area contributed by atoms with E-state index in [0.717, 1.165) is 18.7 Å². The van der Waals surface area contributed by atoms with Gasteiger partial charge in [-0.2, -0.15) is 0 Å². The number of hydrogen-bond acceptors (Lipinski definition) is 1. The van der Waals surface area contributed by atoms with Gasteiger partial charge in [0, 0.05) is 12.2 Å². The average molecular weight is 82.1 g/mol. The lowest BCUT2D eigenvalue weighted by Gasteiger charge is -1.87. The van der Waals surface area contributed by atoms with Crippen LogP contribution < -0.4 is 5.32 Å². The molecule has 0 aromatic carbocycles. The highest BCUT2D eigenvalue weighted by atomic mass is 14.9. The first-order valence-electron chi connectivity index (χ1n) is 2.13. The number of rotatable bonds is 0. The summed E-state index contributed by atoms with van der Waals surface area (Å²) in [6, 6.07) is 0. The first kappa shape index (κ1) is 3.72. The van der Waals surface area contributed by atoms with E-state index in [1.807, 2.05) is 0 Å². The number of allylic oxidation sites excluding steroid dienone is 1. The van der Waals surface area contributed by atoms with Crippen LogP contribution >= 0.6 is 0 Å². The predicted molar refractivity (Wildman–Crippen MR) is 26.1 cm³/mol. The summed E-state index contributed by atoms with van der Waals surface area (Å²) >= 11 is 0. The highest BCUT2D eigenvalue weighted by molar-refractivity contribution is 5.03. The zero-order chi connectivity index (χ0) is 4.41. The van der Waals surface area contributed by atoms with Crippen molar-refractivity contribution < 1.29 is 0 Å². The Labute approximate surface area is 38.1 Å². The summed E-state index contributed by atoms with van der Waals surface area (Å²) in [6.07, 6.45) is 3.22. The summed E-state index contributed by atoms with van der Waals surface area (Å²) in [5, 5.41) is 3.07. The molecule has 0 amide bonds. The molecule has 1 radical (unpaired) electrons. The van der Waals surface area contributed by atoms with E-state index in [1.54, 1.807) is 0 Å². The van der Waals surface area contributed by atoms with Crippen LogP contribution in [0.3, 0.4) is 0 Å². The van der Waals surface area contributed by atoms with Gasteiger partial charge in [0.1, 0.15) is 0 Å². The zero-order valence-corrected chi connectivity index (χ0v) is 3.70. The van der Waals surface area contributed by atoms with E-state index in [2.05, 4.69) is 18.3 Å². The van der Waals surface area contributed by atoms with Crippen molar-refractivity contribution in [3.8, 4) is 0 Å². The van der Waals surface area contributed by atoms with Crippen LogP contribution in [0.2, 0.25) is 0 Å². The molecule has 1 nitrogen and oxygen atoms in total. The molecule has 0 aromatic rings. The van der Waals surface area contributed by atoms with Gasteiger partial charge < -0.3 is 5.32 Å². The fourth-order valence-electron chi connectivity index (χ4n) is 0.535. The topological polar surface area (TPSA) is 12.0 Å². The standard InChI is InChI=1S/C5H8N/c1-5-3-2-4-6-5/h2,6H,1,3-4H2. The molecular formula is C5H8N. The highest BCUT2D eigenvalue weighted by Crippen LogP contribution is 2.02. The Hall–Kier alpha value is -0.460. The van der Waals surface area contributed by atoms with Gasteiger partial charge in [0.25, 0.3) is 0 Å². The van der Waals surface area contributed by atoms with E-state index in [4.69, 9.17) is 0 Å². The maximum Gasteiger partial charge on any atom is 0.0179 e. The Morgan fingerprint density at radius 1 is 1.83 bits per heavy atom. The number of nitrogens with one attached hydrogen (secondary N) is 1. The molecule has 1 saturated heterocycles. The molecule has 1 heterocycles. The van der Waals surface area contributed by atoms with E-state index in [9.17, 15) is 0 Å². The quantitative estimate of drug-likeness (QED) is 0.453. The van der Waals surface area contributed by atoms with Crippen molar-refractivity contribution in [2.45, 2.75) is 6.42 Å². The smallest absolute Gasteiger partial charge is 0.0179 e. The van der Waals surface area contributed by atoms with E-state index < -0.39 is 0 Å². The van der Waals surface area contributed by atoms with Crippen molar-refractivity contribution >= 4 is 0 Å². The SMILES string of the molecule is C=C1C[CH]CN1. The Morgan fingerprint density at radius 3 is 2.83 bits per heavy atom. The maximum atomic E-state index is 3.71. The molecule has 1 aliphatic heterocycles. The molecule has 0 aromatic heterocycles. The highest BCUT2D eigenvalue weighted by Gasteiger charge is 1.99. The van der Waals surface area contributed by atoms with Gasteiger partial charge in [-0.15, -0.1) is 0 Å². The van der Waals surface area contributed by atoms with Gasteiger partial charge in [0.2, 0.25) is 0 Å². The third-order valence-corrected chi connectivity index (χ3v) is 0.887. The average Bonchev–Trinajstić information content (AvgIpc) is 1.86. The van der Waals surface area contributed by atoms with Crippen molar-refractivity contribution in [1.29, 1.82) is 0 Å². The second-order valence-electron chi connectivity index (χ2n) is 1.48. The minimum absolute atomic E-state index is 1.01. The molecule has 1 rings (SSSR count). The Morgan fingerprint density at radius 2 is 2.67 bits per heavy atom. The molecule has 1 heteroatoms. The van der Waals surface area contributed by atoms with Gasteiger partial charge in [-0.25, -0.2) is 0 Å². The minimum Gasteiger partial charge on any atom is -0.389 e. The van der Waals surface area contributed by atoms with E-state index in [1.165, 1.54) is 0 Å². The fraction of sp³-hybridized carbons (Fsp3) is 0.400. The van der Waals surface area contributed by atoms with Gasteiger partial charge in [-0.3, -0.25) is 0 Å². The lowest BCUT2D eigenvalue weighted by atomic mass is 10.3.